The van der Waals surface area contributed by atoms with Gasteiger partial charge in [-0.3, -0.25) is 13.9 Å². The van der Waals surface area contributed by atoms with Gasteiger partial charge >= 0.3 is 6.18 Å². The first kappa shape index (κ1) is 32.7. The van der Waals surface area contributed by atoms with E-state index in [0.29, 0.717) is 0 Å². The number of anilines is 1. The van der Waals surface area contributed by atoms with Crippen molar-refractivity contribution in [2.75, 3.05) is 17.1 Å². The smallest absolute Gasteiger partial charge is 0.352 e. The molecule has 1 atom stereocenters. The number of hydrogen-bond donors (Lipinski definition) is 1. The summed E-state index contributed by atoms with van der Waals surface area (Å²) in [4.78, 5) is 28.7. The summed E-state index contributed by atoms with van der Waals surface area (Å²) >= 11 is 0. The lowest BCUT2D eigenvalue weighted by molar-refractivity contribution is -0.141. The van der Waals surface area contributed by atoms with Crippen LogP contribution >= 0.6 is 0 Å². The van der Waals surface area contributed by atoms with E-state index in [4.69, 9.17) is 0 Å². The number of rotatable bonds is 13. The van der Waals surface area contributed by atoms with Gasteiger partial charge in [0.25, 0.3) is 0 Å². The topological polar surface area (TPSA) is 86.8 Å². The molecule has 3 aromatic rings. The Labute approximate surface area is 245 Å². The number of carbonyl (C=O) groups excluding carboxylic acids is 2. The van der Waals surface area contributed by atoms with Crippen LogP contribution in [0.2, 0.25) is 0 Å². The number of amides is 2. The van der Waals surface area contributed by atoms with Crippen LogP contribution in [0.1, 0.15) is 43.4 Å². The second-order valence-corrected chi connectivity index (χ2v) is 12.3. The molecule has 1 N–H and O–H groups in total. The second kappa shape index (κ2) is 14.4. The molecule has 2 amide bonds. The molecule has 42 heavy (non-hydrogen) atoms. The number of sulfonamides is 1. The minimum absolute atomic E-state index is 0.0251. The van der Waals surface area contributed by atoms with Gasteiger partial charge in [-0.25, -0.2) is 8.42 Å². The van der Waals surface area contributed by atoms with E-state index in [0.717, 1.165) is 39.9 Å². The van der Waals surface area contributed by atoms with Gasteiger partial charge in [-0.1, -0.05) is 66.7 Å². The van der Waals surface area contributed by atoms with E-state index in [9.17, 15) is 31.2 Å². The van der Waals surface area contributed by atoms with Crippen molar-refractivity contribution in [1.82, 2.24) is 10.2 Å². The van der Waals surface area contributed by atoms with Gasteiger partial charge in [0.2, 0.25) is 21.8 Å². The van der Waals surface area contributed by atoms with Crippen LogP contribution in [0.3, 0.4) is 0 Å². The highest BCUT2D eigenvalue weighted by Gasteiger charge is 2.33. The zero-order valence-electron chi connectivity index (χ0n) is 23.8. The maximum absolute atomic E-state index is 13.8. The highest BCUT2D eigenvalue weighted by atomic mass is 32.2. The molecule has 0 saturated carbocycles. The summed E-state index contributed by atoms with van der Waals surface area (Å²) in [6, 6.07) is 21.6. The number of halogens is 3. The summed E-state index contributed by atoms with van der Waals surface area (Å²) in [6.45, 7) is 3.58. The van der Waals surface area contributed by atoms with Crippen molar-refractivity contribution in [2.24, 2.45) is 0 Å². The van der Waals surface area contributed by atoms with Crippen molar-refractivity contribution in [1.29, 1.82) is 0 Å². The average molecular weight is 604 g/mol. The minimum atomic E-state index is -4.64. The summed E-state index contributed by atoms with van der Waals surface area (Å²) in [6.07, 6.45) is -3.58. The molecule has 0 spiro atoms. The fourth-order valence-electron chi connectivity index (χ4n) is 4.56. The van der Waals surface area contributed by atoms with Crippen LogP contribution in [0.5, 0.6) is 0 Å². The molecule has 1 unspecified atom stereocenters. The fourth-order valence-corrected chi connectivity index (χ4v) is 5.51. The maximum Gasteiger partial charge on any atom is 0.416 e. The molecule has 0 fully saturated rings. The van der Waals surface area contributed by atoms with Crippen LogP contribution in [0.25, 0.3) is 0 Å². The summed E-state index contributed by atoms with van der Waals surface area (Å²) in [5, 5.41) is 2.91. The minimum Gasteiger partial charge on any atom is -0.352 e. The first-order valence-electron chi connectivity index (χ1n) is 13.6. The van der Waals surface area contributed by atoms with Gasteiger partial charge in [-0.15, -0.1) is 0 Å². The Morgan fingerprint density at radius 3 is 2.02 bits per heavy atom. The lowest BCUT2D eigenvalue weighted by atomic mass is 10.0. The molecule has 0 saturated heterocycles. The molecule has 0 radical (unpaired) electrons. The van der Waals surface area contributed by atoms with Crippen molar-refractivity contribution >= 4 is 27.5 Å². The average Bonchev–Trinajstić information content (AvgIpc) is 2.92. The first-order chi connectivity index (χ1) is 19.8. The van der Waals surface area contributed by atoms with Gasteiger partial charge in [-0.2, -0.15) is 13.2 Å². The quantitative estimate of drug-likeness (QED) is 0.283. The number of benzene rings is 3. The predicted molar refractivity (Wildman–Crippen MR) is 157 cm³/mol. The van der Waals surface area contributed by atoms with E-state index in [-0.39, 0.29) is 55.9 Å². The predicted octanol–water partition coefficient (Wildman–Crippen LogP) is 5.42. The SMILES string of the molecule is CC(C)NC(=O)C(Cc1ccccc1)N(Cc1ccccc1)C(=O)CCCN(c1cccc(C(F)(F)F)c1)S(C)(=O)=O. The molecule has 0 heterocycles. The van der Waals surface area contributed by atoms with Crippen LogP contribution in [-0.2, 0) is 38.8 Å². The highest BCUT2D eigenvalue weighted by Crippen LogP contribution is 2.32. The van der Waals surface area contributed by atoms with Crippen LogP contribution < -0.4 is 9.62 Å². The molecular weight excluding hydrogens is 567 g/mol. The molecular formula is C31H36F3N3O4S. The standard InChI is InChI=1S/C31H36F3N3O4S/c1-23(2)35-30(39)28(20-24-12-6-4-7-13-24)36(22-25-14-8-5-9-15-25)29(38)18-11-19-37(42(3,40)41)27-17-10-16-26(21-27)31(32,33)34/h4-10,12-17,21,23,28H,11,18-20,22H2,1-3H3,(H,35,39). The molecule has 0 aliphatic heterocycles. The van der Waals surface area contributed by atoms with E-state index in [2.05, 4.69) is 5.32 Å². The molecule has 226 valence electrons. The van der Waals surface area contributed by atoms with Gasteiger partial charge in [0.1, 0.15) is 6.04 Å². The van der Waals surface area contributed by atoms with E-state index in [1.807, 2.05) is 74.5 Å². The first-order valence-corrected chi connectivity index (χ1v) is 15.4. The molecule has 0 aliphatic carbocycles. The third-order valence-electron chi connectivity index (χ3n) is 6.51. The normalized spacial score (nSPS) is 12.5. The Morgan fingerprint density at radius 1 is 0.881 bits per heavy atom. The molecule has 11 heteroatoms. The fraction of sp³-hybridized carbons (Fsp3) is 0.355. The third kappa shape index (κ3) is 9.61. The Bertz CT molecular complexity index is 1430. The van der Waals surface area contributed by atoms with Gasteiger partial charge < -0.3 is 10.2 Å². The summed E-state index contributed by atoms with van der Waals surface area (Å²) < 4.78 is 65.8. The summed E-state index contributed by atoms with van der Waals surface area (Å²) in [5.74, 6) is -0.698. The van der Waals surface area contributed by atoms with Crippen molar-refractivity contribution in [2.45, 2.75) is 57.9 Å². The van der Waals surface area contributed by atoms with E-state index >= 15 is 0 Å². The van der Waals surface area contributed by atoms with Gasteiger partial charge in [0, 0.05) is 32.0 Å². The Kier molecular flexibility index (Phi) is 11.2. The second-order valence-electron chi connectivity index (χ2n) is 10.4. The lowest BCUT2D eigenvalue weighted by Gasteiger charge is -2.32. The number of hydrogen-bond acceptors (Lipinski definition) is 4. The molecule has 0 aromatic heterocycles. The Morgan fingerprint density at radius 2 is 1.48 bits per heavy atom. The number of alkyl halides is 3. The van der Waals surface area contributed by atoms with E-state index < -0.39 is 27.8 Å². The van der Waals surface area contributed by atoms with Crippen LogP contribution in [-0.4, -0.2) is 50.0 Å². The largest absolute Gasteiger partial charge is 0.416 e. The van der Waals surface area contributed by atoms with Crippen molar-refractivity contribution < 1.29 is 31.2 Å². The zero-order valence-corrected chi connectivity index (χ0v) is 24.7. The Balaban J connectivity index is 1.87. The monoisotopic (exact) mass is 603 g/mol. The van der Waals surface area contributed by atoms with Crippen molar-refractivity contribution in [3.8, 4) is 0 Å². The summed E-state index contributed by atoms with van der Waals surface area (Å²) in [7, 11) is -3.95. The molecule has 3 aromatic carbocycles. The van der Waals surface area contributed by atoms with Crippen molar-refractivity contribution in [3.63, 3.8) is 0 Å². The highest BCUT2D eigenvalue weighted by molar-refractivity contribution is 7.92. The van der Waals surface area contributed by atoms with Crippen LogP contribution in [0.15, 0.2) is 84.9 Å². The maximum atomic E-state index is 13.8. The van der Waals surface area contributed by atoms with Gasteiger partial charge in [0.05, 0.1) is 17.5 Å². The van der Waals surface area contributed by atoms with E-state index in [1.54, 1.807) is 0 Å². The van der Waals surface area contributed by atoms with E-state index in [1.165, 1.54) is 11.0 Å². The van der Waals surface area contributed by atoms with Gasteiger partial charge in [-0.05, 0) is 49.6 Å². The number of carbonyl (C=O) groups is 2. The van der Waals surface area contributed by atoms with Crippen LogP contribution in [0, 0.1) is 0 Å². The number of nitrogens with zero attached hydrogens (tertiary/aromatic N) is 2. The molecule has 7 nitrogen and oxygen atoms in total. The zero-order chi connectivity index (χ0) is 30.9. The third-order valence-corrected chi connectivity index (χ3v) is 7.71. The molecule has 0 aliphatic rings. The molecule has 0 bridgehead atoms. The summed E-state index contributed by atoms with van der Waals surface area (Å²) in [5.41, 5.74) is 0.556. The number of nitrogens with one attached hydrogen (secondary N) is 1. The van der Waals surface area contributed by atoms with Gasteiger partial charge in [0.15, 0.2) is 0 Å². The lowest BCUT2D eigenvalue weighted by Crippen LogP contribution is -2.51. The van der Waals surface area contributed by atoms with Crippen molar-refractivity contribution in [3.05, 3.63) is 102 Å². The molecule has 3 rings (SSSR count). The van der Waals surface area contributed by atoms with Crippen LogP contribution in [0.4, 0.5) is 18.9 Å². The Hall–Kier alpha value is -3.86.